The van der Waals surface area contributed by atoms with E-state index in [1.165, 1.54) is 10.4 Å². The number of fused-ring (bicyclic) bond motifs is 1. The zero-order valence-corrected chi connectivity index (χ0v) is 8.77. The third-order valence-electron chi connectivity index (χ3n) is 2.42. The van der Waals surface area contributed by atoms with Gasteiger partial charge >= 0.3 is 0 Å². The second kappa shape index (κ2) is 4.09. The predicted molar refractivity (Wildman–Crippen MR) is 65.8 cm³/mol. The first-order valence-electron chi connectivity index (χ1n) is 4.99. The van der Waals surface area contributed by atoms with E-state index >= 15 is 0 Å². The number of benzene rings is 1. The summed E-state index contributed by atoms with van der Waals surface area (Å²) in [6, 6.07) is 8.27. The third-order valence-corrected chi connectivity index (χ3v) is 2.42. The smallest absolute Gasteiger partial charge is 0.0708 e. The zero-order valence-electron chi connectivity index (χ0n) is 8.77. The van der Waals surface area contributed by atoms with Gasteiger partial charge in [-0.1, -0.05) is 30.9 Å². The van der Waals surface area contributed by atoms with E-state index in [1.54, 1.807) is 0 Å². The molecule has 2 aromatic rings. The van der Waals surface area contributed by atoms with Gasteiger partial charge in [0.2, 0.25) is 0 Å². The Morgan fingerprint density at radius 3 is 2.87 bits per heavy atom. The molecule has 0 unspecified atom stereocenters. The van der Waals surface area contributed by atoms with Crippen molar-refractivity contribution in [1.82, 2.24) is 4.98 Å². The topological polar surface area (TPSA) is 12.9 Å². The van der Waals surface area contributed by atoms with Crippen LogP contribution in [0.4, 0.5) is 0 Å². The molecule has 0 radical (unpaired) electrons. The van der Waals surface area contributed by atoms with Gasteiger partial charge in [-0.2, -0.15) is 0 Å². The van der Waals surface area contributed by atoms with Crippen LogP contribution in [0, 0.1) is 0 Å². The summed E-state index contributed by atoms with van der Waals surface area (Å²) in [5, 5.41) is 3.55. The zero-order chi connectivity index (χ0) is 10.7. The molecule has 1 aromatic heterocycles. The van der Waals surface area contributed by atoms with Crippen LogP contribution in [0.15, 0.2) is 43.1 Å². The first-order valence-corrected chi connectivity index (χ1v) is 4.99. The van der Waals surface area contributed by atoms with Crippen molar-refractivity contribution in [3.05, 3.63) is 53.6 Å². The molecule has 1 aromatic carbocycles. The van der Waals surface area contributed by atoms with Crippen LogP contribution < -0.4 is 10.4 Å². The summed E-state index contributed by atoms with van der Waals surface area (Å²) in [5.74, 6) is 0. The number of hydrogen-bond acceptors (Lipinski definition) is 1. The maximum absolute atomic E-state index is 4.33. The molecule has 15 heavy (non-hydrogen) atoms. The van der Waals surface area contributed by atoms with Crippen molar-refractivity contribution in [2.45, 2.75) is 6.92 Å². The highest BCUT2D eigenvalue weighted by Crippen LogP contribution is 2.04. The highest BCUT2D eigenvalue weighted by atomic mass is 14.6. The van der Waals surface area contributed by atoms with Crippen LogP contribution in [0.5, 0.6) is 0 Å². The van der Waals surface area contributed by atoms with E-state index in [-0.39, 0.29) is 0 Å². The monoisotopic (exact) mass is 195 g/mol. The first-order chi connectivity index (χ1) is 7.35. The van der Waals surface area contributed by atoms with Crippen LogP contribution in [0.1, 0.15) is 6.92 Å². The second-order valence-corrected chi connectivity index (χ2v) is 3.37. The number of allylic oxidation sites excluding steroid dienone is 1. The molecule has 0 amide bonds. The molecule has 0 saturated carbocycles. The molecule has 0 spiro atoms. The number of hydrogen-bond donors (Lipinski definition) is 0. The van der Waals surface area contributed by atoms with Gasteiger partial charge in [-0.3, -0.25) is 4.98 Å². The van der Waals surface area contributed by atoms with Crippen molar-refractivity contribution in [1.29, 1.82) is 0 Å². The Morgan fingerprint density at radius 1 is 1.27 bits per heavy atom. The van der Waals surface area contributed by atoms with Gasteiger partial charge in [0, 0.05) is 11.6 Å². The molecule has 0 bridgehead atoms. The fourth-order valence-corrected chi connectivity index (χ4v) is 1.68. The summed E-state index contributed by atoms with van der Waals surface area (Å²) in [6.45, 7) is 5.76. The molecule has 0 aliphatic heterocycles. The van der Waals surface area contributed by atoms with Gasteiger partial charge in [-0.05, 0) is 35.6 Å². The third kappa shape index (κ3) is 1.82. The molecular weight excluding hydrogens is 182 g/mol. The summed E-state index contributed by atoms with van der Waals surface area (Å²) < 4.78 is 0. The van der Waals surface area contributed by atoms with Gasteiger partial charge in [-0.15, -0.1) is 0 Å². The van der Waals surface area contributed by atoms with E-state index in [1.807, 2.05) is 31.3 Å². The lowest BCUT2D eigenvalue weighted by Gasteiger charge is -1.96. The summed E-state index contributed by atoms with van der Waals surface area (Å²) in [4.78, 5) is 4.33. The minimum absolute atomic E-state index is 1.03. The number of rotatable bonds is 1. The van der Waals surface area contributed by atoms with Crippen molar-refractivity contribution in [2.24, 2.45) is 0 Å². The van der Waals surface area contributed by atoms with Gasteiger partial charge in [0.1, 0.15) is 0 Å². The molecule has 0 saturated heterocycles. The molecule has 74 valence electrons. The van der Waals surface area contributed by atoms with E-state index in [9.17, 15) is 0 Å². The van der Waals surface area contributed by atoms with Crippen LogP contribution in [-0.2, 0) is 0 Å². The minimum atomic E-state index is 1.03. The van der Waals surface area contributed by atoms with Crippen LogP contribution in [0.3, 0.4) is 0 Å². The summed E-state index contributed by atoms with van der Waals surface area (Å²) in [7, 11) is 0. The maximum Gasteiger partial charge on any atom is 0.0708 e. The fourth-order valence-electron chi connectivity index (χ4n) is 1.68. The van der Waals surface area contributed by atoms with Crippen LogP contribution in [0.25, 0.3) is 23.1 Å². The largest absolute Gasteiger partial charge is 0.256 e. The lowest BCUT2D eigenvalue weighted by Crippen LogP contribution is -2.23. The van der Waals surface area contributed by atoms with E-state index < -0.39 is 0 Å². The van der Waals surface area contributed by atoms with E-state index in [0.717, 1.165) is 10.9 Å². The van der Waals surface area contributed by atoms with E-state index in [4.69, 9.17) is 0 Å². The van der Waals surface area contributed by atoms with Crippen molar-refractivity contribution < 1.29 is 0 Å². The number of nitrogens with zero attached hydrogens (tertiary/aromatic N) is 1. The van der Waals surface area contributed by atoms with Gasteiger partial charge in [0.25, 0.3) is 0 Å². The molecular formula is C14H13N. The summed E-state index contributed by atoms with van der Waals surface area (Å²) >= 11 is 0. The Kier molecular flexibility index (Phi) is 2.64. The molecule has 0 atom stereocenters. The fraction of sp³-hybridized carbons (Fsp3) is 0.0714. The Balaban J connectivity index is 2.94. The molecule has 0 fully saturated rings. The summed E-state index contributed by atoms with van der Waals surface area (Å²) in [5.41, 5.74) is 1.03. The van der Waals surface area contributed by atoms with E-state index in [0.29, 0.717) is 0 Å². The molecule has 1 nitrogen and oxygen atoms in total. The standard InChI is InChI=1S/C14H13N/c1-3-6-12-9-13-7-5-8-15-14(13)10-11(12)4-2/h3-10H,1H2,2H3/b11-4-,12-6-. The Labute approximate surface area is 89.1 Å². The highest BCUT2D eigenvalue weighted by molar-refractivity contribution is 5.78. The molecule has 0 N–H and O–H groups in total. The number of aromatic nitrogens is 1. The number of pyridine rings is 1. The molecule has 1 heteroatoms. The van der Waals surface area contributed by atoms with Crippen LogP contribution in [-0.4, -0.2) is 4.98 Å². The van der Waals surface area contributed by atoms with Crippen molar-refractivity contribution in [3.8, 4) is 0 Å². The van der Waals surface area contributed by atoms with Crippen molar-refractivity contribution in [2.75, 3.05) is 0 Å². The quantitative estimate of drug-likeness (QED) is 0.678. The van der Waals surface area contributed by atoms with Gasteiger partial charge in [0.05, 0.1) is 5.52 Å². The Morgan fingerprint density at radius 2 is 2.13 bits per heavy atom. The normalized spacial score (nSPS) is 13.4. The average molecular weight is 195 g/mol. The average Bonchev–Trinajstić information content (AvgIpc) is 2.28. The maximum atomic E-state index is 4.33. The minimum Gasteiger partial charge on any atom is -0.256 e. The van der Waals surface area contributed by atoms with Crippen LogP contribution in [0.2, 0.25) is 0 Å². The molecule has 0 aliphatic rings. The van der Waals surface area contributed by atoms with Crippen LogP contribution >= 0.6 is 0 Å². The van der Waals surface area contributed by atoms with Crippen molar-refractivity contribution >= 4 is 23.1 Å². The predicted octanol–water partition coefficient (Wildman–Crippen LogP) is 2.00. The lowest BCUT2D eigenvalue weighted by molar-refractivity contribution is 1.39. The highest BCUT2D eigenvalue weighted by Gasteiger charge is 1.93. The van der Waals surface area contributed by atoms with Crippen molar-refractivity contribution in [3.63, 3.8) is 0 Å². The summed E-state index contributed by atoms with van der Waals surface area (Å²) in [6.07, 6.45) is 7.73. The molecule has 2 rings (SSSR count). The molecule has 1 heterocycles. The second-order valence-electron chi connectivity index (χ2n) is 3.37. The van der Waals surface area contributed by atoms with E-state index in [2.05, 4.69) is 35.8 Å². The molecule has 0 aliphatic carbocycles. The first kappa shape index (κ1) is 9.66. The Bertz CT molecular complexity index is 609. The van der Waals surface area contributed by atoms with Gasteiger partial charge in [0.15, 0.2) is 0 Å². The van der Waals surface area contributed by atoms with Gasteiger partial charge in [-0.25, -0.2) is 0 Å². The van der Waals surface area contributed by atoms with Gasteiger partial charge < -0.3 is 0 Å². The SMILES string of the molecule is C=C/C=c1/cc2cccnc2c/c1=C/C. The lowest BCUT2D eigenvalue weighted by atomic mass is 10.1. The Hall–Kier alpha value is -1.89.